The zero-order chi connectivity index (χ0) is 5.98. The Hall–Kier alpha value is 24.8. The van der Waals surface area contributed by atoms with Crippen LogP contribution in [-0.4, -0.2) is 0 Å². The smallest absolute Gasteiger partial charge is 0 e. The van der Waals surface area contributed by atoms with Crippen molar-refractivity contribution in [2.24, 2.45) is 0 Å². The number of nitrogen functional groups attached to an aromatic ring is 1. The Labute approximate surface area is 776 Å². The van der Waals surface area contributed by atoms with Crippen LogP contribution in [0.25, 0.3) is 0 Å². The summed E-state index contributed by atoms with van der Waals surface area (Å²) in [6, 6.07) is 8.90. The normalized spacial score (nSPS) is 2.35. The summed E-state index contributed by atoms with van der Waals surface area (Å²) < 4.78 is 0. The minimum Gasteiger partial charge on any atom is -0.503 e. The van der Waals surface area contributed by atoms with E-state index in [-0.39, 0.29) is 752 Å². The molecule has 25 heteroatoms. The molecule has 111 valence electrons. The van der Waals surface area contributed by atoms with Gasteiger partial charge in [-0.15, -0.1) is 0 Å². The molecule has 1 rings (SSSR count). The molecular weight excluding hydrogens is 2160 g/mol. The summed E-state index contributed by atoms with van der Waals surface area (Å²) in [5.74, 6) is 0. The molecule has 1 aromatic carbocycles. The van der Waals surface area contributed by atoms with Crippen LogP contribution >= 0.6 is 12.6 Å². The summed E-state index contributed by atoms with van der Waals surface area (Å²) in [7, 11) is 0. The van der Waals surface area contributed by atoms with Gasteiger partial charge in [0.1, 0.15) is 0 Å². The number of hydrogen-bond acceptors (Lipinski definition) is 2. The Morgan fingerprint density at radius 2 is 0.516 bits per heavy atom. The molecule has 0 heterocycles. The molecule has 0 aliphatic rings. The van der Waals surface area contributed by atoms with Crippen LogP contribution < -0.4 is 5.73 Å². The molecule has 0 atom stereocenters. The molecule has 23 radical (unpaired) electrons. The predicted octanol–water partition coefficient (Wildman–Crippen LogP) is 1.10. The quantitative estimate of drug-likeness (QED) is 0.228. The molecule has 0 amide bonds. The molecule has 0 saturated carbocycles. The van der Waals surface area contributed by atoms with E-state index in [0.717, 1.165) is 0 Å². The van der Waals surface area contributed by atoms with Crippen molar-refractivity contribution in [3.63, 3.8) is 0 Å². The van der Waals surface area contributed by atoms with E-state index in [4.69, 9.17) is 5.73 Å². The third kappa shape index (κ3) is 126. The Morgan fingerprint density at radius 3 is 0.613 bits per heavy atom. The second kappa shape index (κ2) is 131. The van der Waals surface area contributed by atoms with Gasteiger partial charge in [-0.3, -0.25) is 12.1 Å². The molecular formula is C6H5NSY23-2. The molecule has 0 unspecified atom stereocenters. The number of thiol groups is 1. The summed E-state index contributed by atoms with van der Waals surface area (Å²) in [4.78, 5) is 0.694. The number of hydrogen-bond donors (Lipinski definition) is 2. The average molecular weight is 2170 g/mol. The predicted molar refractivity (Wildman–Crippen MR) is 35.8 cm³/mol. The first-order valence-electron chi connectivity index (χ1n) is 2.17. The maximum absolute atomic E-state index is 5.33. The van der Waals surface area contributed by atoms with Crippen molar-refractivity contribution in [3.8, 4) is 0 Å². The monoisotopic (exact) mass is 2170 g/mol. The van der Waals surface area contributed by atoms with E-state index in [1.165, 1.54) is 0 Å². The van der Waals surface area contributed by atoms with Gasteiger partial charge >= 0.3 is 0 Å². The Kier molecular flexibility index (Phi) is 658. The zero-order valence-corrected chi connectivity index (χ0v) is 83.6. The molecule has 0 bridgehead atoms. The van der Waals surface area contributed by atoms with Crippen molar-refractivity contribution >= 4 is 18.3 Å². The van der Waals surface area contributed by atoms with Crippen molar-refractivity contribution in [2.45, 2.75) is 4.90 Å². The second-order valence-electron chi connectivity index (χ2n) is 1.43. The van der Waals surface area contributed by atoms with E-state index < -0.39 is 0 Å². The van der Waals surface area contributed by atoms with Crippen molar-refractivity contribution in [3.05, 3.63) is 24.3 Å². The molecule has 0 fully saturated rings. The average Bonchev–Trinajstić information content (AvgIpc) is 1.77. The van der Waals surface area contributed by atoms with Crippen LogP contribution in [0.3, 0.4) is 0 Å². The van der Waals surface area contributed by atoms with Gasteiger partial charge in [-0.2, -0.15) is 18.3 Å². The summed E-state index contributed by atoms with van der Waals surface area (Å²) in [6.45, 7) is 0. The molecule has 0 aromatic heterocycles. The van der Waals surface area contributed by atoms with Crippen LogP contribution in [-0.2, 0) is 752 Å². The first kappa shape index (κ1) is 156. The van der Waals surface area contributed by atoms with Gasteiger partial charge in [0.2, 0.25) is 0 Å². The summed E-state index contributed by atoms with van der Waals surface area (Å²) in [5.41, 5.74) is 6.00. The molecule has 0 spiro atoms. The summed E-state index contributed by atoms with van der Waals surface area (Å²) in [6.07, 6.45) is 0. The summed E-state index contributed by atoms with van der Waals surface area (Å²) >= 11 is 3.96. The van der Waals surface area contributed by atoms with Gasteiger partial charge in [0.25, 0.3) is 0 Å². The minimum absolute atomic E-state index is 0. The van der Waals surface area contributed by atoms with E-state index in [0.29, 0.717) is 10.6 Å². The first-order valence-corrected chi connectivity index (χ1v) is 2.61. The molecule has 0 aliphatic carbocycles. The molecule has 2 N–H and O–H groups in total. The molecule has 0 aliphatic heterocycles. The Balaban J connectivity index is -0.00000000133. The van der Waals surface area contributed by atoms with Gasteiger partial charge in [-0.05, 0) is 0 Å². The molecule has 0 saturated heterocycles. The van der Waals surface area contributed by atoms with Crippen LogP contribution in [0.4, 0.5) is 5.69 Å². The van der Waals surface area contributed by atoms with Crippen LogP contribution in [0.1, 0.15) is 0 Å². The number of nitrogens with two attached hydrogens (primary N) is 1. The van der Waals surface area contributed by atoms with Crippen molar-refractivity contribution in [1.29, 1.82) is 0 Å². The van der Waals surface area contributed by atoms with Gasteiger partial charge in [0.05, 0.1) is 0 Å². The van der Waals surface area contributed by atoms with Crippen molar-refractivity contribution < 1.29 is 752 Å². The van der Waals surface area contributed by atoms with E-state index >= 15 is 0 Å². The van der Waals surface area contributed by atoms with Gasteiger partial charge < -0.3 is 17.9 Å². The zero-order valence-electron chi connectivity index (χ0n) is 17.5. The number of rotatable bonds is 0. The number of benzene rings is 1. The fourth-order valence-electron chi connectivity index (χ4n) is 0.387. The van der Waals surface area contributed by atoms with E-state index in [1.54, 1.807) is 12.1 Å². The van der Waals surface area contributed by atoms with E-state index in [2.05, 4.69) is 24.8 Å². The van der Waals surface area contributed by atoms with Gasteiger partial charge in [0.15, 0.2) is 0 Å². The van der Waals surface area contributed by atoms with E-state index in [1.807, 2.05) is 0 Å². The van der Waals surface area contributed by atoms with Crippen LogP contribution in [0.5, 0.6) is 0 Å². The third-order valence-corrected chi connectivity index (χ3v) is 1.01. The standard InChI is InChI=1S/C6H5NS.23Y/c7-5-1-3-6(8)4-2-5;;;;;;;;;;;;;;;;;;;;;;;/h1-2,8H,7H2;;;;;;;;;;;;;;;;;;;;;;;/q-2;;;;;;;;;;;;;;;;;;;;;;;. The fraction of sp³-hybridized carbons (Fsp3) is 0. The van der Waals surface area contributed by atoms with Crippen LogP contribution in [0.15, 0.2) is 17.0 Å². The molecule has 31 heavy (non-hydrogen) atoms. The SMILES string of the molecule is Nc1c[c-]c(S)[c-]c1.[Y].[Y].[Y].[Y].[Y].[Y].[Y].[Y].[Y].[Y].[Y].[Y].[Y].[Y].[Y].[Y].[Y].[Y].[Y].[Y].[Y].[Y].[Y]. The molecule has 1 aromatic rings. The van der Waals surface area contributed by atoms with Gasteiger partial charge in [-0.25, -0.2) is 4.90 Å². The number of anilines is 1. The molecule has 1 nitrogen and oxygen atoms in total. The Bertz CT molecular complexity index is 173. The summed E-state index contributed by atoms with van der Waals surface area (Å²) in [5, 5.41) is 0. The van der Waals surface area contributed by atoms with Crippen molar-refractivity contribution in [2.75, 3.05) is 5.73 Å². The van der Waals surface area contributed by atoms with Crippen LogP contribution in [0, 0.1) is 12.1 Å². The largest absolute Gasteiger partial charge is 0.503 e. The fourth-order valence-corrected chi connectivity index (χ4v) is 0.516. The van der Waals surface area contributed by atoms with Crippen LogP contribution in [0.2, 0.25) is 0 Å². The van der Waals surface area contributed by atoms with Gasteiger partial charge in [-0.1, -0.05) is 0 Å². The first-order chi connectivity index (χ1) is 3.79. The Morgan fingerprint density at radius 1 is 0.387 bits per heavy atom. The maximum atomic E-state index is 5.33. The second-order valence-corrected chi connectivity index (χ2v) is 1.87. The topological polar surface area (TPSA) is 26.0 Å². The maximum Gasteiger partial charge on any atom is 0 e. The van der Waals surface area contributed by atoms with E-state index in [9.17, 15) is 0 Å². The van der Waals surface area contributed by atoms with Crippen molar-refractivity contribution in [1.82, 2.24) is 0 Å². The van der Waals surface area contributed by atoms with Gasteiger partial charge in [0, 0.05) is 752 Å². The minimum atomic E-state index is 0. The third-order valence-electron chi connectivity index (χ3n) is 0.751.